The van der Waals surface area contributed by atoms with Crippen molar-refractivity contribution in [3.8, 4) is 5.75 Å². The molecular weight excluding hydrogens is 232 g/mol. The molecule has 0 fully saturated rings. The van der Waals surface area contributed by atoms with Gasteiger partial charge in [0.15, 0.2) is 0 Å². The molecule has 1 atom stereocenters. The molecule has 0 saturated heterocycles. The molecule has 1 aliphatic rings. The highest BCUT2D eigenvalue weighted by Crippen LogP contribution is 2.47. The Balaban J connectivity index is 1.88. The smallest absolute Gasteiger partial charge is 0.116 e. The zero-order chi connectivity index (χ0) is 11.8. The molecule has 1 aliphatic heterocycles. The van der Waals surface area contributed by atoms with Gasteiger partial charge in [0, 0.05) is 16.3 Å². The summed E-state index contributed by atoms with van der Waals surface area (Å²) < 4.78 is 0. The van der Waals surface area contributed by atoms with E-state index in [1.54, 1.807) is 23.9 Å². The molecule has 4 N–H and O–H groups in total. The summed E-state index contributed by atoms with van der Waals surface area (Å²) in [5.74, 6) is 0.302. The van der Waals surface area contributed by atoms with Crippen molar-refractivity contribution >= 4 is 23.1 Å². The molecule has 1 unspecified atom stereocenters. The summed E-state index contributed by atoms with van der Waals surface area (Å²) in [7, 11) is 0. The highest BCUT2D eigenvalue weighted by atomic mass is 32.2. The van der Waals surface area contributed by atoms with E-state index in [4.69, 9.17) is 5.73 Å². The quantitative estimate of drug-likeness (QED) is 0.532. The zero-order valence-electron chi connectivity index (χ0n) is 9.05. The molecule has 4 heteroatoms. The van der Waals surface area contributed by atoms with E-state index < -0.39 is 0 Å². The SMILES string of the molecule is Nc1ccc(C2Nc3ccc(O)cc3S2)cc1. The van der Waals surface area contributed by atoms with E-state index in [0.29, 0.717) is 5.75 Å². The van der Waals surface area contributed by atoms with Crippen LogP contribution in [0.25, 0.3) is 0 Å². The molecule has 2 aromatic rings. The van der Waals surface area contributed by atoms with E-state index >= 15 is 0 Å². The van der Waals surface area contributed by atoms with Gasteiger partial charge in [-0.3, -0.25) is 0 Å². The van der Waals surface area contributed by atoms with Gasteiger partial charge in [-0.25, -0.2) is 0 Å². The third-order valence-electron chi connectivity index (χ3n) is 2.74. The van der Waals surface area contributed by atoms with Crippen LogP contribution in [-0.2, 0) is 0 Å². The normalized spacial score (nSPS) is 17.5. The lowest BCUT2D eigenvalue weighted by Gasteiger charge is -2.10. The summed E-state index contributed by atoms with van der Waals surface area (Å²) in [6.07, 6.45) is 0. The molecule has 0 aliphatic carbocycles. The summed E-state index contributed by atoms with van der Waals surface area (Å²) in [5.41, 5.74) is 8.68. The Labute approximate surface area is 104 Å². The van der Waals surface area contributed by atoms with Crippen molar-refractivity contribution in [3.05, 3.63) is 48.0 Å². The van der Waals surface area contributed by atoms with Crippen LogP contribution >= 0.6 is 11.8 Å². The maximum absolute atomic E-state index is 9.43. The predicted molar refractivity (Wildman–Crippen MR) is 71.2 cm³/mol. The fourth-order valence-electron chi connectivity index (χ4n) is 1.85. The third kappa shape index (κ3) is 1.91. The highest BCUT2D eigenvalue weighted by Gasteiger charge is 2.22. The van der Waals surface area contributed by atoms with Crippen LogP contribution in [0.3, 0.4) is 0 Å². The second-order valence-electron chi connectivity index (χ2n) is 3.99. The lowest BCUT2D eigenvalue weighted by molar-refractivity contribution is 0.474. The number of nitrogens with two attached hydrogens (primary N) is 1. The fraction of sp³-hybridized carbons (Fsp3) is 0.0769. The first-order chi connectivity index (χ1) is 8.22. The largest absolute Gasteiger partial charge is 0.508 e. The number of fused-ring (bicyclic) bond motifs is 1. The van der Waals surface area contributed by atoms with Crippen molar-refractivity contribution in [1.82, 2.24) is 0 Å². The van der Waals surface area contributed by atoms with E-state index in [9.17, 15) is 5.11 Å². The van der Waals surface area contributed by atoms with Crippen LogP contribution in [0.5, 0.6) is 5.75 Å². The van der Waals surface area contributed by atoms with E-state index in [1.165, 1.54) is 5.56 Å². The number of phenols is 1. The van der Waals surface area contributed by atoms with Crippen molar-refractivity contribution in [2.24, 2.45) is 0 Å². The van der Waals surface area contributed by atoms with Crippen LogP contribution < -0.4 is 11.1 Å². The zero-order valence-corrected chi connectivity index (χ0v) is 9.87. The summed E-state index contributed by atoms with van der Waals surface area (Å²) in [6.45, 7) is 0. The molecule has 0 spiro atoms. The molecule has 0 saturated carbocycles. The summed E-state index contributed by atoms with van der Waals surface area (Å²) >= 11 is 1.70. The lowest BCUT2D eigenvalue weighted by Crippen LogP contribution is -2.00. The molecule has 86 valence electrons. The van der Waals surface area contributed by atoms with Crippen LogP contribution in [0.4, 0.5) is 11.4 Å². The Bertz CT molecular complexity index is 554. The molecule has 1 heterocycles. The summed E-state index contributed by atoms with van der Waals surface area (Å²) in [4.78, 5) is 1.08. The van der Waals surface area contributed by atoms with Crippen molar-refractivity contribution in [1.29, 1.82) is 0 Å². The molecular formula is C13H12N2OS. The number of nitrogens with one attached hydrogen (secondary N) is 1. The number of hydrogen-bond donors (Lipinski definition) is 3. The highest BCUT2D eigenvalue weighted by molar-refractivity contribution is 8.00. The second kappa shape index (κ2) is 3.89. The minimum Gasteiger partial charge on any atom is -0.508 e. The van der Waals surface area contributed by atoms with Crippen LogP contribution in [-0.4, -0.2) is 5.11 Å². The third-order valence-corrected chi connectivity index (χ3v) is 3.95. The molecule has 0 bridgehead atoms. The monoisotopic (exact) mass is 244 g/mol. The van der Waals surface area contributed by atoms with Gasteiger partial charge in [-0.05, 0) is 35.9 Å². The van der Waals surface area contributed by atoms with Crippen LogP contribution in [0, 0.1) is 0 Å². The molecule has 0 radical (unpaired) electrons. The standard InChI is InChI=1S/C13H12N2OS/c14-9-3-1-8(2-4-9)13-15-11-6-5-10(16)7-12(11)17-13/h1-7,13,15-16H,14H2. The van der Waals surface area contributed by atoms with Crippen molar-refractivity contribution in [2.75, 3.05) is 11.1 Å². The lowest BCUT2D eigenvalue weighted by atomic mass is 10.2. The Morgan fingerprint density at radius 3 is 2.65 bits per heavy atom. The predicted octanol–water partition coefficient (Wildman–Crippen LogP) is 3.19. The number of thioether (sulfide) groups is 1. The molecule has 2 aromatic carbocycles. The summed E-state index contributed by atoms with van der Waals surface area (Å²) in [6, 6.07) is 13.2. The Morgan fingerprint density at radius 2 is 1.88 bits per heavy atom. The maximum atomic E-state index is 9.43. The van der Waals surface area contributed by atoms with Gasteiger partial charge < -0.3 is 16.2 Å². The minimum atomic E-state index is 0.187. The molecule has 0 amide bonds. The Morgan fingerprint density at radius 1 is 1.12 bits per heavy atom. The van der Waals surface area contributed by atoms with Crippen LogP contribution in [0.15, 0.2) is 47.4 Å². The van der Waals surface area contributed by atoms with E-state index in [0.717, 1.165) is 16.3 Å². The number of hydrogen-bond acceptors (Lipinski definition) is 4. The van der Waals surface area contributed by atoms with E-state index in [-0.39, 0.29) is 5.37 Å². The van der Waals surface area contributed by atoms with Gasteiger partial charge >= 0.3 is 0 Å². The number of aromatic hydroxyl groups is 1. The van der Waals surface area contributed by atoms with Gasteiger partial charge in [0.05, 0.1) is 0 Å². The van der Waals surface area contributed by atoms with Crippen molar-refractivity contribution in [3.63, 3.8) is 0 Å². The number of anilines is 2. The first-order valence-electron chi connectivity index (χ1n) is 5.34. The molecule has 3 rings (SSSR count). The average molecular weight is 244 g/mol. The van der Waals surface area contributed by atoms with Gasteiger partial charge in [0.25, 0.3) is 0 Å². The number of phenolic OH excluding ortho intramolecular Hbond substituents is 1. The van der Waals surface area contributed by atoms with Crippen molar-refractivity contribution in [2.45, 2.75) is 10.3 Å². The summed E-state index contributed by atoms with van der Waals surface area (Å²) in [5, 5.41) is 13.0. The molecule has 17 heavy (non-hydrogen) atoms. The van der Waals surface area contributed by atoms with Crippen LogP contribution in [0.1, 0.15) is 10.9 Å². The van der Waals surface area contributed by atoms with Crippen molar-refractivity contribution < 1.29 is 5.11 Å². The average Bonchev–Trinajstić information content (AvgIpc) is 2.72. The van der Waals surface area contributed by atoms with E-state index in [1.807, 2.05) is 30.3 Å². The van der Waals surface area contributed by atoms with Gasteiger partial charge in [0.1, 0.15) is 11.1 Å². The second-order valence-corrected chi connectivity index (χ2v) is 5.14. The van der Waals surface area contributed by atoms with Gasteiger partial charge in [-0.2, -0.15) is 0 Å². The first-order valence-corrected chi connectivity index (χ1v) is 6.22. The topological polar surface area (TPSA) is 58.3 Å². The van der Waals surface area contributed by atoms with E-state index in [2.05, 4.69) is 5.32 Å². The van der Waals surface area contributed by atoms with Crippen LogP contribution in [0.2, 0.25) is 0 Å². The van der Waals surface area contributed by atoms with Gasteiger partial charge in [-0.1, -0.05) is 23.9 Å². The number of nitrogen functional groups attached to an aromatic ring is 1. The minimum absolute atomic E-state index is 0.187. The number of rotatable bonds is 1. The maximum Gasteiger partial charge on any atom is 0.116 e. The van der Waals surface area contributed by atoms with Gasteiger partial charge in [0.2, 0.25) is 0 Å². The number of benzene rings is 2. The fourth-order valence-corrected chi connectivity index (χ4v) is 3.02. The molecule has 0 aromatic heterocycles. The first kappa shape index (κ1) is 10.4. The van der Waals surface area contributed by atoms with Gasteiger partial charge in [-0.15, -0.1) is 0 Å². The Hall–Kier alpha value is -1.81. The molecule has 3 nitrogen and oxygen atoms in total. The Kier molecular flexibility index (Phi) is 2.37.